The van der Waals surface area contributed by atoms with Crippen LogP contribution in [0.4, 0.5) is 0 Å². The minimum atomic E-state index is 0.00341. The molecule has 170 valence electrons. The minimum absolute atomic E-state index is 0.00341. The number of benzene rings is 4. The molecular formula is C32H30OS. The van der Waals surface area contributed by atoms with E-state index in [9.17, 15) is 0 Å². The van der Waals surface area contributed by atoms with E-state index in [0.717, 1.165) is 11.2 Å². The van der Waals surface area contributed by atoms with Crippen molar-refractivity contribution < 1.29 is 4.42 Å². The number of para-hydroxylation sites is 1. The molecule has 6 rings (SSSR count). The number of thiophene rings is 1. The van der Waals surface area contributed by atoms with Gasteiger partial charge >= 0.3 is 0 Å². The van der Waals surface area contributed by atoms with Gasteiger partial charge in [0.25, 0.3) is 0 Å². The Labute approximate surface area is 205 Å². The van der Waals surface area contributed by atoms with Gasteiger partial charge in [-0.3, -0.25) is 0 Å². The van der Waals surface area contributed by atoms with E-state index in [1.807, 2.05) is 17.4 Å². The van der Waals surface area contributed by atoms with Crippen LogP contribution in [0.5, 0.6) is 0 Å². The molecule has 0 amide bonds. The third-order valence-corrected chi connectivity index (χ3v) is 8.09. The number of rotatable bonds is 1. The van der Waals surface area contributed by atoms with Crippen LogP contribution >= 0.6 is 11.3 Å². The Bertz CT molecular complexity index is 1710. The van der Waals surface area contributed by atoms with Gasteiger partial charge in [0.15, 0.2) is 0 Å². The molecule has 0 saturated carbocycles. The van der Waals surface area contributed by atoms with Crippen molar-refractivity contribution in [3.63, 3.8) is 0 Å². The van der Waals surface area contributed by atoms with Crippen molar-refractivity contribution in [3.8, 4) is 11.1 Å². The molecule has 0 saturated heterocycles. The average molecular weight is 463 g/mol. The third kappa shape index (κ3) is 3.35. The first-order valence-electron chi connectivity index (χ1n) is 12.0. The Morgan fingerprint density at radius 1 is 0.588 bits per heavy atom. The molecule has 2 aromatic heterocycles. The molecule has 0 N–H and O–H groups in total. The molecule has 2 heterocycles. The highest BCUT2D eigenvalue weighted by Crippen LogP contribution is 2.42. The van der Waals surface area contributed by atoms with Gasteiger partial charge in [0.05, 0.1) is 0 Å². The first-order valence-corrected chi connectivity index (χ1v) is 12.8. The van der Waals surface area contributed by atoms with Crippen LogP contribution in [0.15, 0.2) is 77.2 Å². The summed E-state index contributed by atoms with van der Waals surface area (Å²) in [4.78, 5) is 0. The second kappa shape index (κ2) is 7.20. The van der Waals surface area contributed by atoms with Crippen LogP contribution in [0.2, 0.25) is 0 Å². The number of furan rings is 1. The van der Waals surface area contributed by atoms with Crippen LogP contribution in [0.25, 0.3) is 53.2 Å². The second-order valence-corrected chi connectivity index (χ2v) is 12.6. The Morgan fingerprint density at radius 3 is 2.15 bits per heavy atom. The maximum absolute atomic E-state index is 6.34. The fraction of sp³-hybridized carbons (Fsp3) is 0.250. The molecule has 2 heteroatoms. The van der Waals surface area contributed by atoms with Gasteiger partial charge < -0.3 is 4.42 Å². The van der Waals surface area contributed by atoms with Gasteiger partial charge in [-0.1, -0.05) is 77.9 Å². The highest BCUT2D eigenvalue weighted by molar-refractivity contribution is 7.25. The molecule has 0 unspecified atom stereocenters. The van der Waals surface area contributed by atoms with Gasteiger partial charge in [-0.05, 0) is 69.5 Å². The molecule has 0 aliphatic rings. The fourth-order valence-corrected chi connectivity index (χ4v) is 6.16. The highest BCUT2D eigenvalue weighted by Gasteiger charge is 2.22. The first-order chi connectivity index (χ1) is 16.1. The van der Waals surface area contributed by atoms with E-state index in [4.69, 9.17) is 4.42 Å². The first kappa shape index (κ1) is 21.4. The maximum atomic E-state index is 6.34. The van der Waals surface area contributed by atoms with Crippen molar-refractivity contribution in [2.24, 2.45) is 0 Å². The van der Waals surface area contributed by atoms with Gasteiger partial charge in [0.2, 0.25) is 0 Å². The topological polar surface area (TPSA) is 13.1 Å². The van der Waals surface area contributed by atoms with Crippen molar-refractivity contribution >= 4 is 53.4 Å². The SMILES string of the molecule is CC(C)(C)c1ccc2c(c1)sc1ccc(-c3cc(C(C)(C)C)c4c(c3)oc3ccccc34)cc12. The van der Waals surface area contributed by atoms with E-state index in [1.54, 1.807) is 0 Å². The van der Waals surface area contributed by atoms with E-state index in [1.165, 1.54) is 53.2 Å². The third-order valence-electron chi connectivity index (χ3n) is 6.96. The van der Waals surface area contributed by atoms with Crippen molar-refractivity contribution in [3.05, 3.63) is 83.9 Å². The molecule has 0 spiro atoms. The van der Waals surface area contributed by atoms with Crippen LogP contribution in [-0.2, 0) is 10.8 Å². The molecule has 0 bridgehead atoms. The molecule has 6 aromatic rings. The lowest BCUT2D eigenvalue weighted by Gasteiger charge is -2.21. The summed E-state index contributed by atoms with van der Waals surface area (Å²) in [6.07, 6.45) is 0. The van der Waals surface area contributed by atoms with Gasteiger partial charge in [0, 0.05) is 30.9 Å². The largest absolute Gasteiger partial charge is 0.456 e. The smallest absolute Gasteiger partial charge is 0.136 e. The zero-order chi connectivity index (χ0) is 23.8. The molecule has 0 fully saturated rings. The average Bonchev–Trinajstić information content (AvgIpc) is 3.34. The van der Waals surface area contributed by atoms with Crippen LogP contribution < -0.4 is 0 Å². The van der Waals surface area contributed by atoms with Gasteiger partial charge in [-0.2, -0.15) is 0 Å². The molecule has 0 radical (unpaired) electrons. The second-order valence-electron chi connectivity index (χ2n) is 11.5. The van der Waals surface area contributed by atoms with Crippen LogP contribution in [0, 0.1) is 0 Å². The number of fused-ring (bicyclic) bond motifs is 6. The molecular weight excluding hydrogens is 432 g/mol. The lowest BCUT2D eigenvalue weighted by molar-refractivity contribution is 0.591. The van der Waals surface area contributed by atoms with E-state index >= 15 is 0 Å². The molecule has 4 aromatic carbocycles. The van der Waals surface area contributed by atoms with E-state index < -0.39 is 0 Å². The van der Waals surface area contributed by atoms with E-state index in [0.29, 0.717) is 0 Å². The lowest BCUT2D eigenvalue weighted by atomic mass is 9.82. The highest BCUT2D eigenvalue weighted by atomic mass is 32.1. The van der Waals surface area contributed by atoms with Crippen LogP contribution in [0.3, 0.4) is 0 Å². The molecule has 0 aliphatic carbocycles. The van der Waals surface area contributed by atoms with Crippen LogP contribution in [-0.4, -0.2) is 0 Å². The Morgan fingerprint density at radius 2 is 1.38 bits per heavy atom. The quantitative estimate of drug-likeness (QED) is 0.237. The Balaban J connectivity index is 1.58. The summed E-state index contributed by atoms with van der Waals surface area (Å²) in [7, 11) is 0. The van der Waals surface area contributed by atoms with Crippen molar-refractivity contribution in [1.29, 1.82) is 0 Å². The summed E-state index contributed by atoms with van der Waals surface area (Å²) in [5.41, 5.74) is 7.24. The summed E-state index contributed by atoms with van der Waals surface area (Å²) in [5.74, 6) is 0. The summed E-state index contributed by atoms with van der Waals surface area (Å²) in [6, 6.07) is 26.9. The molecule has 1 nitrogen and oxygen atoms in total. The Hall–Kier alpha value is -3.10. The van der Waals surface area contributed by atoms with Crippen molar-refractivity contribution in [2.75, 3.05) is 0 Å². The molecule has 0 atom stereocenters. The van der Waals surface area contributed by atoms with Gasteiger partial charge in [-0.15, -0.1) is 11.3 Å². The van der Waals surface area contributed by atoms with Gasteiger partial charge in [-0.25, -0.2) is 0 Å². The zero-order valence-corrected chi connectivity index (χ0v) is 21.6. The number of hydrogen-bond donors (Lipinski definition) is 0. The fourth-order valence-electron chi connectivity index (χ4n) is 5.04. The Kier molecular flexibility index (Phi) is 4.54. The molecule has 0 aliphatic heterocycles. The standard InChI is InChI=1S/C32H30OS/c1-31(2,3)21-12-13-22-24-15-19(11-14-28(24)34-29(22)18-21)20-16-25(32(4,5)6)30-23-9-7-8-10-26(23)33-27(30)17-20/h7-18H,1-6H3. The summed E-state index contributed by atoms with van der Waals surface area (Å²) in [5, 5.41) is 5.11. The lowest BCUT2D eigenvalue weighted by Crippen LogP contribution is -2.11. The van der Waals surface area contributed by atoms with E-state index in [-0.39, 0.29) is 10.8 Å². The van der Waals surface area contributed by atoms with E-state index in [2.05, 4.69) is 108 Å². The summed E-state index contributed by atoms with van der Waals surface area (Å²) >= 11 is 1.89. The van der Waals surface area contributed by atoms with Crippen molar-refractivity contribution in [1.82, 2.24) is 0 Å². The predicted octanol–water partition coefficient (Wildman–Crippen LogP) is 10.2. The maximum Gasteiger partial charge on any atom is 0.136 e. The summed E-state index contributed by atoms with van der Waals surface area (Å²) < 4.78 is 9.04. The monoisotopic (exact) mass is 462 g/mol. The zero-order valence-electron chi connectivity index (χ0n) is 20.7. The normalized spacial score (nSPS) is 13.0. The van der Waals surface area contributed by atoms with Crippen LogP contribution in [0.1, 0.15) is 52.7 Å². The summed E-state index contributed by atoms with van der Waals surface area (Å²) in [6.45, 7) is 13.7. The number of hydrogen-bond acceptors (Lipinski definition) is 2. The van der Waals surface area contributed by atoms with Gasteiger partial charge in [0.1, 0.15) is 11.2 Å². The minimum Gasteiger partial charge on any atom is -0.456 e. The van der Waals surface area contributed by atoms with Crippen molar-refractivity contribution in [2.45, 2.75) is 52.4 Å². The predicted molar refractivity (Wildman–Crippen MR) is 149 cm³/mol. The molecule has 34 heavy (non-hydrogen) atoms.